The SMILES string of the molecule is Nc1cc(Cl)c(F)c(S(=O)(=O)N(CCO)C2CCC2)c1. The molecule has 0 bridgehead atoms. The number of benzene rings is 1. The molecule has 0 spiro atoms. The summed E-state index contributed by atoms with van der Waals surface area (Å²) in [6.45, 7) is -0.397. The molecule has 0 radical (unpaired) electrons. The first-order chi connectivity index (χ1) is 9.37. The zero-order chi connectivity index (χ0) is 14.9. The van der Waals surface area contributed by atoms with Gasteiger partial charge in [-0.05, 0) is 25.0 Å². The van der Waals surface area contributed by atoms with E-state index in [0.717, 1.165) is 22.9 Å². The summed E-state index contributed by atoms with van der Waals surface area (Å²) in [5.41, 5.74) is 5.61. The van der Waals surface area contributed by atoms with Gasteiger partial charge in [-0.3, -0.25) is 0 Å². The number of nitrogens with zero attached hydrogens (tertiary/aromatic N) is 1. The highest BCUT2D eigenvalue weighted by atomic mass is 35.5. The van der Waals surface area contributed by atoms with Crippen LogP contribution >= 0.6 is 11.6 Å². The highest BCUT2D eigenvalue weighted by Gasteiger charge is 2.36. The van der Waals surface area contributed by atoms with Crippen LogP contribution in [-0.2, 0) is 10.0 Å². The van der Waals surface area contributed by atoms with E-state index in [1.54, 1.807) is 0 Å². The standard InChI is InChI=1S/C12H16ClFN2O3S/c13-10-6-8(15)7-11(12(10)14)20(18,19)16(4-5-17)9-2-1-3-9/h6-7,9,17H,1-5,15H2. The number of aliphatic hydroxyl groups excluding tert-OH is 1. The van der Waals surface area contributed by atoms with Crippen molar-refractivity contribution in [3.05, 3.63) is 23.0 Å². The molecule has 2 rings (SSSR count). The van der Waals surface area contributed by atoms with Crippen molar-refractivity contribution in [1.29, 1.82) is 0 Å². The van der Waals surface area contributed by atoms with Gasteiger partial charge in [-0.15, -0.1) is 0 Å². The van der Waals surface area contributed by atoms with Gasteiger partial charge in [0.1, 0.15) is 4.90 Å². The summed E-state index contributed by atoms with van der Waals surface area (Å²) < 4.78 is 40.2. The molecular weight excluding hydrogens is 307 g/mol. The lowest BCUT2D eigenvalue weighted by Gasteiger charge is -2.36. The molecular formula is C12H16ClFN2O3S. The van der Waals surface area contributed by atoms with E-state index in [1.165, 1.54) is 0 Å². The number of sulfonamides is 1. The van der Waals surface area contributed by atoms with Crippen molar-refractivity contribution in [2.24, 2.45) is 0 Å². The molecule has 0 saturated heterocycles. The number of rotatable bonds is 5. The molecule has 0 aliphatic heterocycles. The monoisotopic (exact) mass is 322 g/mol. The maximum atomic E-state index is 14.0. The first-order valence-electron chi connectivity index (χ1n) is 6.25. The molecule has 1 fully saturated rings. The fraction of sp³-hybridized carbons (Fsp3) is 0.500. The topological polar surface area (TPSA) is 83.6 Å². The minimum atomic E-state index is -4.07. The first kappa shape index (κ1) is 15.5. The lowest BCUT2D eigenvalue weighted by molar-refractivity contribution is 0.178. The Morgan fingerprint density at radius 1 is 1.45 bits per heavy atom. The zero-order valence-electron chi connectivity index (χ0n) is 10.7. The van der Waals surface area contributed by atoms with Crippen LogP contribution in [0, 0.1) is 5.82 Å². The summed E-state index contributed by atoms with van der Waals surface area (Å²) in [5.74, 6) is -1.01. The summed E-state index contributed by atoms with van der Waals surface area (Å²) in [4.78, 5) is -0.539. The molecule has 1 aliphatic carbocycles. The number of hydrogen-bond donors (Lipinski definition) is 2. The van der Waals surface area contributed by atoms with Crippen LogP contribution in [0.25, 0.3) is 0 Å². The van der Waals surface area contributed by atoms with Crippen LogP contribution in [0.3, 0.4) is 0 Å². The van der Waals surface area contributed by atoms with Crippen LogP contribution in [0.5, 0.6) is 0 Å². The van der Waals surface area contributed by atoms with Crippen LogP contribution in [0.1, 0.15) is 19.3 Å². The van der Waals surface area contributed by atoms with Crippen LogP contribution in [0.15, 0.2) is 17.0 Å². The zero-order valence-corrected chi connectivity index (χ0v) is 12.3. The Labute approximate surface area is 122 Å². The van der Waals surface area contributed by atoms with E-state index >= 15 is 0 Å². The maximum Gasteiger partial charge on any atom is 0.246 e. The summed E-state index contributed by atoms with van der Waals surface area (Å²) in [7, 11) is -4.07. The van der Waals surface area contributed by atoms with Crippen molar-refractivity contribution in [3.8, 4) is 0 Å². The third-order valence-electron chi connectivity index (χ3n) is 3.41. The van der Waals surface area contributed by atoms with E-state index in [4.69, 9.17) is 22.4 Å². The highest BCUT2D eigenvalue weighted by Crippen LogP contribution is 2.33. The van der Waals surface area contributed by atoms with Gasteiger partial charge in [-0.1, -0.05) is 18.0 Å². The molecule has 3 N–H and O–H groups in total. The normalized spacial score (nSPS) is 16.4. The van der Waals surface area contributed by atoms with Gasteiger partial charge in [0.05, 0.1) is 11.6 Å². The molecule has 8 heteroatoms. The van der Waals surface area contributed by atoms with Crippen molar-refractivity contribution < 1.29 is 17.9 Å². The van der Waals surface area contributed by atoms with E-state index < -0.39 is 20.7 Å². The fourth-order valence-electron chi connectivity index (χ4n) is 2.17. The summed E-state index contributed by atoms with van der Waals surface area (Å²) in [5, 5.41) is 8.71. The smallest absolute Gasteiger partial charge is 0.246 e. The van der Waals surface area contributed by atoms with E-state index in [2.05, 4.69) is 0 Å². The van der Waals surface area contributed by atoms with Crippen LogP contribution < -0.4 is 5.73 Å². The van der Waals surface area contributed by atoms with Crippen LogP contribution in [0.2, 0.25) is 5.02 Å². The molecule has 0 aromatic heterocycles. The Morgan fingerprint density at radius 3 is 2.60 bits per heavy atom. The lowest BCUT2D eigenvalue weighted by Crippen LogP contribution is -2.45. The molecule has 1 aromatic carbocycles. The Balaban J connectivity index is 2.47. The second kappa shape index (κ2) is 5.85. The molecule has 1 saturated carbocycles. The predicted molar refractivity (Wildman–Crippen MR) is 74.4 cm³/mol. The predicted octanol–water partition coefficient (Wildman–Crippen LogP) is 1.60. The van der Waals surface area contributed by atoms with Gasteiger partial charge < -0.3 is 10.8 Å². The van der Waals surface area contributed by atoms with Gasteiger partial charge in [0.25, 0.3) is 0 Å². The molecule has 20 heavy (non-hydrogen) atoms. The van der Waals surface area contributed by atoms with E-state index in [9.17, 15) is 12.8 Å². The molecule has 1 aliphatic rings. The van der Waals surface area contributed by atoms with Gasteiger partial charge >= 0.3 is 0 Å². The van der Waals surface area contributed by atoms with Crippen molar-refractivity contribution in [3.63, 3.8) is 0 Å². The maximum absolute atomic E-state index is 14.0. The Kier molecular flexibility index (Phi) is 4.53. The highest BCUT2D eigenvalue weighted by molar-refractivity contribution is 7.89. The van der Waals surface area contributed by atoms with Gasteiger partial charge in [0.2, 0.25) is 10.0 Å². The van der Waals surface area contributed by atoms with Gasteiger partial charge in [0.15, 0.2) is 5.82 Å². The van der Waals surface area contributed by atoms with Crippen molar-refractivity contribution >= 4 is 27.3 Å². The average Bonchev–Trinajstić information content (AvgIpc) is 2.30. The Hall–Kier alpha value is -0.890. The second-order valence-corrected chi connectivity index (χ2v) is 7.01. The molecule has 5 nitrogen and oxygen atoms in total. The summed E-state index contributed by atoms with van der Waals surface area (Å²) >= 11 is 5.65. The van der Waals surface area contributed by atoms with Crippen molar-refractivity contribution in [2.75, 3.05) is 18.9 Å². The Morgan fingerprint density at radius 2 is 2.10 bits per heavy atom. The number of hydrogen-bond acceptors (Lipinski definition) is 4. The number of halogens is 2. The van der Waals surface area contributed by atoms with Crippen molar-refractivity contribution in [2.45, 2.75) is 30.2 Å². The molecule has 0 amide bonds. The number of aliphatic hydroxyl groups is 1. The fourth-order valence-corrected chi connectivity index (χ4v) is 4.25. The minimum absolute atomic E-state index is 0.0706. The van der Waals surface area contributed by atoms with Crippen LogP contribution in [-0.4, -0.2) is 37.0 Å². The third-order valence-corrected chi connectivity index (χ3v) is 5.63. The molecule has 112 valence electrons. The largest absolute Gasteiger partial charge is 0.399 e. The quantitative estimate of drug-likeness (QED) is 0.806. The Bertz CT molecular complexity index is 605. The van der Waals surface area contributed by atoms with Crippen molar-refractivity contribution in [1.82, 2.24) is 4.31 Å². The van der Waals surface area contributed by atoms with Gasteiger partial charge in [0, 0.05) is 18.3 Å². The number of anilines is 1. The summed E-state index contributed by atoms with van der Waals surface area (Å²) in [6.07, 6.45) is 2.33. The molecule has 0 heterocycles. The lowest BCUT2D eigenvalue weighted by atomic mass is 9.93. The van der Waals surface area contributed by atoms with E-state index in [0.29, 0.717) is 12.8 Å². The minimum Gasteiger partial charge on any atom is -0.399 e. The van der Waals surface area contributed by atoms with Gasteiger partial charge in [-0.25, -0.2) is 12.8 Å². The second-order valence-electron chi connectivity index (χ2n) is 4.74. The average molecular weight is 323 g/mol. The number of nitrogens with two attached hydrogens (primary N) is 1. The molecule has 0 unspecified atom stereocenters. The number of nitrogen functional groups attached to an aromatic ring is 1. The third kappa shape index (κ3) is 2.76. The summed E-state index contributed by atoms with van der Waals surface area (Å²) in [6, 6.07) is 2.02. The molecule has 1 aromatic rings. The van der Waals surface area contributed by atoms with Gasteiger partial charge in [-0.2, -0.15) is 4.31 Å². The van der Waals surface area contributed by atoms with E-state index in [1.807, 2.05) is 0 Å². The van der Waals surface area contributed by atoms with Crippen LogP contribution in [0.4, 0.5) is 10.1 Å². The first-order valence-corrected chi connectivity index (χ1v) is 8.07. The van der Waals surface area contributed by atoms with E-state index in [-0.39, 0.29) is 29.9 Å². The molecule has 0 atom stereocenters.